The maximum absolute atomic E-state index is 11.7. The van der Waals surface area contributed by atoms with Gasteiger partial charge in [-0.2, -0.15) is 0 Å². The number of pyridine rings is 1. The molecule has 6 heteroatoms. The first-order chi connectivity index (χ1) is 10.4. The van der Waals surface area contributed by atoms with E-state index < -0.39 is 9.84 Å². The Morgan fingerprint density at radius 1 is 1.18 bits per heavy atom. The number of nitrogens with zero attached hydrogens (tertiary/aromatic N) is 1. The molecule has 0 amide bonds. The summed E-state index contributed by atoms with van der Waals surface area (Å²) in [6.07, 6.45) is 2.73. The molecule has 0 radical (unpaired) electrons. The SMILES string of the molecule is Cc1cc(C)cc(OCCNc2ncccc2S(C)(=O)=O)c1. The normalized spacial score (nSPS) is 11.2. The Bertz CT molecular complexity index is 737. The lowest BCUT2D eigenvalue weighted by atomic mass is 10.1. The van der Waals surface area contributed by atoms with E-state index in [-0.39, 0.29) is 4.90 Å². The van der Waals surface area contributed by atoms with Crippen LogP contribution in [-0.2, 0) is 9.84 Å². The van der Waals surface area contributed by atoms with Gasteiger partial charge in [-0.25, -0.2) is 13.4 Å². The minimum atomic E-state index is -3.30. The summed E-state index contributed by atoms with van der Waals surface area (Å²) >= 11 is 0. The van der Waals surface area contributed by atoms with Crippen LogP contribution >= 0.6 is 0 Å². The van der Waals surface area contributed by atoms with Crippen LogP contribution in [0.5, 0.6) is 5.75 Å². The highest BCUT2D eigenvalue weighted by atomic mass is 32.2. The summed E-state index contributed by atoms with van der Waals surface area (Å²) in [5, 5.41) is 3.00. The number of anilines is 1. The molecule has 0 aliphatic carbocycles. The number of hydrogen-bond acceptors (Lipinski definition) is 5. The Hall–Kier alpha value is -2.08. The molecular weight excluding hydrogens is 300 g/mol. The van der Waals surface area contributed by atoms with Crippen LogP contribution in [0.4, 0.5) is 5.82 Å². The van der Waals surface area contributed by atoms with Crippen LogP contribution in [0.3, 0.4) is 0 Å². The molecule has 5 nitrogen and oxygen atoms in total. The summed E-state index contributed by atoms with van der Waals surface area (Å²) in [5.41, 5.74) is 2.29. The summed E-state index contributed by atoms with van der Waals surface area (Å²) in [6, 6.07) is 9.16. The zero-order valence-corrected chi connectivity index (χ0v) is 13.8. The predicted molar refractivity (Wildman–Crippen MR) is 87.2 cm³/mol. The molecule has 0 bridgehead atoms. The smallest absolute Gasteiger partial charge is 0.179 e. The van der Waals surface area contributed by atoms with Crippen molar-refractivity contribution in [2.75, 3.05) is 24.7 Å². The molecule has 1 heterocycles. The van der Waals surface area contributed by atoms with E-state index in [1.54, 1.807) is 12.3 Å². The first-order valence-electron chi connectivity index (χ1n) is 6.96. The third-order valence-corrected chi connectivity index (χ3v) is 4.16. The topological polar surface area (TPSA) is 68.3 Å². The Morgan fingerprint density at radius 2 is 1.86 bits per heavy atom. The van der Waals surface area contributed by atoms with Crippen molar-refractivity contribution < 1.29 is 13.2 Å². The van der Waals surface area contributed by atoms with Gasteiger partial charge in [-0.1, -0.05) is 6.07 Å². The monoisotopic (exact) mass is 320 g/mol. The molecule has 0 saturated carbocycles. The maximum atomic E-state index is 11.7. The number of aromatic nitrogens is 1. The van der Waals surface area contributed by atoms with Gasteiger partial charge in [0.25, 0.3) is 0 Å². The van der Waals surface area contributed by atoms with Gasteiger partial charge in [0.15, 0.2) is 9.84 Å². The molecule has 0 fully saturated rings. The molecule has 2 aromatic rings. The molecule has 0 saturated heterocycles. The Kier molecular flexibility index (Phi) is 5.03. The van der Waals surface area contributed by atoms with E-state index in [0.29, 0.717) is 19.0 Å². The van der Waals surface area contributed by atoms with Gasteiger partial charge in [0.1, 0.15) is 23.1 Å². The Balaban J connectivity index is 1.95. The number of sulfone groups is 1. The van der Waals surface area contributed by atoms with Crippen molar-refractivity contribution >= 4 is 15.7 Å². The third kappa shape index (κ3) is 4.46. The van der Waals surface area contributed by atoms with E-state index in [1.165, 1.54) is 12.3 Å². The van der Waals surface area contributed by atoms with Crippen LogP contribution in [0.2, 0.25) is 0 Å². The highest BCUT2D eigenvalue weighted by Gasteiger charge is 2.13. The number of nitrogens with one attached hydrogen (secondary N) is 1. The second kappa shape index (κ2) is 6.79. The zero-order chi connectivity index (χ0) is 16.2. The number of rotatable bonds is 6. The van der Waals surface area contributed by atoms with Crippen molar-refractivity contribution in [1.29, 1.82) is 0 Å². The Morgan fingerprint density at radius 3 is 2.50 bits per heavy atom. The summed E-state index contributed by atoms with van der Waals surface area (Å²) < 4.78 is 29.0. The lowest BCUT2D eigenvalue weighted by molar-refractivity contribution is 0.332. The van der Waals surface area contributed by atoms with Gasteiger partial charge in [0, 0.05) is 12.5 Å². The van der Waals surface area contributed by atoms with E-state index in [2.05, 4.69) is 16.4 Å². The first kappa shape index (κ1) is 16.3. The fourth-order valence-electron chi connectivity index (χ4n) is 2.18. The van der Waals surface area contributed by atoms with E-state index in [4.69, 9.17) is 4.74 Å². The van der Waals surface area contributed by atoms with Gasteiger partial charge in [0.05, 0.1) is 6.54 Å². The van der Waals surface area contributed by atoms with Gasteiger partial charge in [-0.15, -0.1) is 0 Å². The summed E-state index contributed by atoms with van der Waals surface area (Å²) in [6.45, 7) is 4.92. The summed E-state index contributed by atoms with van der Waals surface area (Å²) in [5.74, 6) is 1.16. The summed E-state index contributed by atoms with van der Waals surface area (Å²) in [4.78, 5) is 4.27. The minimum absolute atomic E-state index is 0.196. The second-order valence-corrected chi connectivity index (χ2v) is 7.21. The van der Waals surface area contributed by atoms with Crippen LogP contribution in [0, 0.1) is 13.8 Å². The Labute approximate surface area is 131 Å². The lowest BCUT2D eigenvalue weighted by Gasteiger charge is -2.11. The molecule has 0 aliphatic rings. The fraction of sp³-hybridized carbons (Fsp3) is 0.312. The van der Waals surface area contributed by atoms with Gasteiger partial charge >= 0.3 is 0 Å². The average Bonchev–Trinajstić information content (AvgIpc) is 2.42. The highest BCUT2D eigenvalue weighted by molar-refractivity contribution is 7.90. The van der Waals surface area contributed by atoms with Crippen molar-refractivity contribution in [2.24, 2.45) is 0 Å². The van der Waals surface area contributed by atoms with E-state index in [9.17, 15) is 8.42 Å². The van der Waals surface area contributed by atoms with Gasteiger partial charge in [-0.05, 0) is 49.2 Å². The largest absolute Gasteiger partial charge is 0.492 e. The van der Waals surface area contributed by atoms with Crippen LogP contribution in [0.25, 0.3) is 0 Å². The van der Waals surface area contributed by atoms with E-state index >= 15 is 0 Å². The van der Waals surface area contributed by atoms with Crippen LogP contribution in [0.15, 0.2) is 41.4 Å². The molecule has 0 unspecified atom stereocenters. The molecule has 0 spiro atoms. The maximum Gasteiger partial charge on any atom is 0.179 e. The van der Waals surface area contributed by atoms with Crippen molar-refractivity contribution in [1.82, 2.24) is 4.98 Å². The molecule has 118 valence electrons. The molecule has 0 aliphatic heterocycles. The molecule has 0 atom stereocenters. The number of ether oxygens (including phenoxy) is 1. The average molecular weight is 320 g/mol. The highest BCUT2D eigenvalue weighted by Crippen LogP contribution is 2.18. The van der Waals surface area contributed by atoms with Crippen molar-refractivity contribution in [2.45, 2.75) is 18.7 Å². The van der Waals surface area contributed by atoms with Gasteiger partial charge in [0.2, 0.25) is 0 Å². The first-order valence-corrected chi connectivity index (χ1v) is 8.85. The fourth-order valence-corrected chi connectivity index (χ4v) is 2.98. The van der Waals surface area contributed by atoms with Crippen LogP contribution < -0.4 is 10.1 Å². The van der Waals surface area contributed by atoms with Crippen LogP contribution in [0.1, 0.15) is 11.1 Å². The molecular formula is C16H20N2O3S. The van der Waals surface area contributed by atoms with Crippen molar-refractivity contribution in [3.05, 3.63) is 47.7 Å². The summed E-state index contributed by atoms with van der Waals surface area (Å²) in [7, 11) is -3.30. The second-order valence-electron chi connectivity index (χ2n) is 5.22. The minimum Gasteiger partial charge on any atom is -0.492 e. The van der Waals surface area contributed by atoms with Crippen molar-refractivity contribution in [3.8, 4) is 5.75 Å². The van der Waals surface area contributed by atoms with Crippen molar-refractivity contribution in [3.63, 3.8) is 0 Å². The lowest BCUT2D eigenvalue weighted by Crippen LogP contribution is -2.14. The zero-order valence-electron chi connectivity index (χ0n) is 13.0. The van der Waals surface area contributed by atoms with E-state index in [0.717, 1.165) is 16.9 Å². The third-order valence-electron chi connectivity index (χ3n) is 3.03. The van der Waals surface area contributed by atoms with Gasteiger partial charge < -0.3 is 10.1 Å². The molecule has 1 aromatic carbocycles. The van der Waals surface area contributed by atoms with Gasteiger partial charge in [-0.3, -0.25) is 0 Å². The quantitative estimate of drug-likeness (QED) is 0.829. The standard InChI is InChI=1S/C16H20N2O3S/c1-12-9-13(2)11-14(10-12)21-8-7-18-16-15(22(3,19)20)5-4-6-17-16/h4-6,9-11H,7-8H2,1-3H3,(H,17,18). The molecule has 2 rings (SSSR count). The predicted octanol–water partition coefficient (Wildman–Crippen LogP) is 2.59. The molecule has 1 N–H and O–H groups in total. The number of benzene rings is 1. The molecule has 22 heavy (non-hydrogen) atoms. The van der Waals surface area contributed by atoms with E-state index in [1.807, 2.05) is 26.0 Å². The van der Waals surface area contributed by atoms with Crippen LogP contribution in [-0.4, -0.2) is 32.8 Å². The number of aryl methyl sites for hydroxylation is 2. The molecule has 1 aromatic heterocycles. The number of hydrogen-bond donors (Lipinski definition) is 1.